The Bertz CT molecular complexity index is 1410. The molecule has 0 aromatic carbocycles. The van der Waals surface area contributed by atoms with E-state index in [4.69, 9.17) is 15.5 Å². The van der Waals surface area contributed by atoms with E-state index < -0.39 is 5.54 Å². The molecule has 4 aromatic heterocycles. The van der Waals surface area contributed by atoms with Gasteiger partial charge in [0.25, 0.3) is 0 Å². The predicted molar refractivity (Wildman–Crippen MR) is 137 cm³/mol. The standard InChI is InChI=1S/C26H30N8O2/c1-16(2)34-15-30-24-21(34)12-20(32-25(24)36-4)19-7-9-28-22(31-19)11-17-5-6-18(14-29-17)33-10-8-26(3,27)13-23(33)35/h5-7,9,12,14-16H,8,10-11,13,27H2,1-4H3. The number of carbonyl (C=O) groups excluding carboxylic acids is 1. The molecule has 1 unspecified atom stereocenters. The molecule has 1 saturated heterocycles. The first-order valence-corrected chi connectivity index (χ1v) is 12.0. The Balaban J connectivity index is 1.38. The van der Waals surface area contributed by atoms with Gasteiger partial charge >= 0.3 is 0 Å². The number of pyridine rings is 2. The van der Waals surface area contributed by atoms with E-state index in [0.29, 0.717) is 42.5 Å². The summed E-state index contributed by atoms with van der Waals surface area (Å²) in [6, 6.07) is 7.87. The number of amides is 1. The van der Waals surface area contributed by atoms with E-state index in [1.165, 1.54) is 0 Å². The van der Waals surface area contributed by atoms with Gasteiger partial charge in [-0.3, -0.25) is 9.78 Å². The molecule has 0 spiro atoms. The van der Waals surface area contributed by atoms with Crippen molar-refractivity contribution in [1.29, 1.82) is 0 Å². The number of piperidine rings is 1. The number of methoxy groups -OCH3 is 1. The number of nitrogens with two attached hydrogens (primary N) is 1. The van der Waals surface area contributed by atoms with Crippen molar-refractivity contribution in [3.05, 3.63) is 54.5 Å². The van der Waals surface area contributed by atoms with Crippen LogP contribution < -0.4 is 15.4 Å². The van der Waals surface area contributed by atoms with Gasteiger partial charge in [-0.05, 0) is 51.5 Å². The highest BCUT2D eigenvalue weighted by molar-refractivity contribution is 5.94. The molecular formula is C26H30N8O2. The average Bonchev–Trinajstić information content (AvgIpc) is 3.28. The first kappa shape index (κ1) is 23.8. The molecule has 36 heavy (non-hydrogen) atoms. The van der Waals surface area contributed by atoms with Crippen LogP contribution in [0.4, 0.5) is 5.69 Å². The molecular weight excluding hydrogens is 456 g/mol. The van der Waals surface area contributed by atoms with Gasteiger partial charge < -0.3 is 19.9 Å². The van der Waals surface area contributed by atoms with Crippen molar-refractivity contribution in [1.82, 2.24) is 29.5 Å². The highest BCUT2D eigenvalue weighted by atomic mass is 16.5. The Morgan fingerprint density at radius 1 is 1.14 bits per heavy atom. The second-order valence-electron chi connectivity index (χ2n) is 9.80. The summed E-state index contributed by atoms with van der Waals surface area (Å²) in [7, 11) is 1.59. The Labute approximate surface area is 209 Å². The Morgan fingerprint density at radius 2 is 1.97 bits per heavy atom. The molecule has 1 amide bonds. The number of anilines is 1. The summed E-state index contributed by atoms with van der Waals surface area (Å²) in [5, 5.41) is 0. The molecule has 0 radical (unpaired) electrons. The first-order chi connectivity index (χ1) is 17.2. The van der Waals surface area contributed by atoms with E-state index in [-0.39, 0.29) is 11.9 Å². The number of hydrogen-bond donors (Lipinski definition) is 1. The zero-order chi connectivity index (χ0) is 25.4. The van der Waals surface area contributed by atoms with Gasteiger partial charge in [-0.15, -0.1) is 0 Å². The average molecular weight is 487 g/mol. The number of fused-ring (bicyclic) bond motifs is 1. The van der Waals surface area contributed by atoms with Crippen LogP contribution in [0.15, 0.2) is 43.0 Å². The molecule has 186 valence electrons. The van der Waals surface area contributed by atoms with Crippen molar-refractivity contribution in [3.8, 4) is 17.3 Å². The zero-order valence-electron chi connectivity index (χ0n) is 21.0. The Kier molecular flexibility index (Phi) is 6.13. The van der Waals surface area contributed by atoms with Crippen molar-refractivity contribution >= 4 is 22.6 Å². The van der Waals surface area contributed by atoms with Crippen LogP contribution in [0.2, 0.25) is 0 Å². The number of ether oxygens (including phenoxy) is 1. The van der Waals surface area contributed by atoms with Gasteiger partial charge in [0.05, 0.1) is 48.6 Å². The summed E-state index contributed by atoms with van der Waals surface area (Å²) in [5.74, 6) is 1.11. The molecule has 0 aliphatic carbocycles. The molecule has 2 N–H and O–H groups in total. The molecule has 5 heterocycles. The molecule has 1 aliphatic rings. The third-order valence-corrected chi connectivity index (χ3v) is 6.47. The number of hydrogen-bond acceptors (Lipinski definition) is 8. The quantitative estimate of drug-likeness (QED) is 0.440. The van der Waals surface area contributed by atoms with Crippen LogP contribution in [0.1, 0.15) is 51.2 Å². The fraction of sp³-hybridized carbons (Fsp3) is 0.385. The van der Waals surface area contributed by atoms with Crippen molar-refractivity contribution in [2.75, 3.05) is 18.6 Å². The smallest absolute Gasteiger partial charge is 0.242 e. The number of aromatic nitrogens is 6. The lowest BCUT2D eigenvalue weighted by Crippen LogP contribution is -2.51. The van der Waals surface area contributed by atoms with Crippen LogP contribution in [0.25, 0.3) is 22.4 Å². The second-order valence-corrected chi connectivity index (χ2v) is 9.80. The topological polar surface area (TPSA) is 125 Å². The van der Waals surface area contributed by atoms with E-state index in [1.807, 2.05) is 31.2 Å². The van der Waals surface area contributed by atoms with E-state index in [9.17, 15) is 4.79 Å². The van der Waals surface area contributed by atoms with Crippen LogP contribution >= 0.6 is 0 Å². The van der Waals surface area contributed by atoms with Crippen molar-refractivity contribution < 1.29 is 9.53 Å². The monoisotopic (exact) mass is 486 g/mol. The highest BCUT2D eigenvalue weighted by Gasteiger charge is 2.32. The number of carbonyl (C=O) groups is 1. The molecule has 0 bridgehead atoms. The van der Waals surface area contributed by atoms with Crippen molar-refractivity contribution in [2.24, 2.45) is 5.73 Å². The van der Waals surface area contributed by atoms with Crippen LogP contribution in [0.3, 0.4) is 0 Å². The first-order valence-electron chi connectivity index (χ1n) is 12.0. The molecule has 1 aliphatic heterocycles. The maximum atomic E-state index is 12.5. The summed E-state index contributed by atoms with van der Waals surface area (Å²) in [4.78, 5) is 37.1. The van der Waals surface area contributed by atoms with Crippen LogP contribution in [0.5, 0.6) is 5.88 Å². The van der Waals surface area contributed by atoms with Gasteiger partial charge in [-0.1, -0.05) is 0 Å². The maximum absolute atomic E-state index is 12.5. The number of imidazole rings is 1. The third-order valence-electron chi connectivity index (χ3n) is 6.47. The van der Waals surface area contributed by atoms with Gasteiger partial charge in [0.15, 0.2) is 5.52 Å². The summed E-state index contributed by atoms with van der Waals surface area (Å²) >= 11 is 0. The molecule has 1 fully saturated rings. The minimum Gasteiger partial charge on any atom is -0.479 e. The van der Waals surface area contributed by atoms with Crippen molar-refractivity contribution in [3.63, 3.8) is 0 Å². The van der Waals surface area contributed by atoms with Crippen molar-refractivity contribution in [2.45, 2.75) is 51.6 Å². The van der Waals surface area contributed by atoms with E-state index >= 15 is 0 Å². The molecule has 0 saturated carbocycles. The van der Waals surface area contributed by atoms with E-state index in [2.05, 4.69) is 38.4 Å². The SMILES string of the molecule is COc1nc(-c2ccnc(Cc3ccc(N4CCC(C)(N)CC4=O)cn3)n2)cc2c1ncn2C(C)C. The maximum Gasteiger partial charge on any atom is 0.242 e. The summed E-state index contributed by atoms with van der Waals surface area (Å²) in [5.41, 5.74) is 10.3. The minimum atomic E-state index is -0.443. The third kappa shape index (κ3) is 4.64. The van der Waals surface area contributed by atoms with Gasteiger partial charge in [0.1, 0.15) is 5.82 Å². The Morgan fingerprint density at radius 3 is 2.67 bits per heavy atom. The summed E-state index contributed by atoms with van der Waals surface area (Å²) in [6.45, 7) is 6.71. The molecule has 10 nitrogen and oxygen atoms in total. The number of nitrogens with zero attached hydrogens (tertiary/aromatic N) is 7. The summed E-state index contributed by atoms with van der Waals surface area (Å²) < 4.78 is 7.59. The summed E-state index contributed by atoms with van der Waals surface area (Å²) in [6.07, 6.45) is 6.79. The van der Waals surface area contributed by atoms with Gasteiger partial charge in [0.2, 0.25) is 11.8 Å². The normalized spacial score (nSPS) is 18.3. The molecule has 10 heteroatoms. The van der Waals surface area contributed by atoms with Crippen LogP contribution in [0, 0.1) is 0 Å². The largest absolute Gasteiger partial charge is 0.479 e. The number of rotatable bonds is 6. The second kappa shape index (κ2) is 9.27. The minimum absolute atomic E-state index is 0.0236. The highest BCUT2D eigenvalue weighted by Crippen LogP contribution is 2.29. The van der Waals surface area contributed by atoms with Gasteiger partial charge in [0, 0.05) is 36.4 Å². The fourth-order valence-electron chi connectivity index (χ4n) is 4.45. The zero-order valence-corrected chi connectivity index (χ0v) is 21.0. The lowest BCUT2D eigenvalue weighted by molar-refractivity contribution is -0.120. The van der Waals surface area contributed by atoms with Crippen LogP contribution in [-0.4, -0.2) is 54.6 Å². The lowest BCUT2D eigenvalue weighted by Gasteiger charge is -2.36. The van der Waals surface area contributed by atoms with Gasteiger partial charge in [-0.25, -0.2) is 19.9 Å². The van der Waals surface area contributed by atoms with E-state index in [0.717, 1.165) is 28.8 Å². The fourth-order valence-corrected chi connectivity index (χ4v) is 4.45. The van der Waals surface area contributed by atoms with Gasteiger partial charge in [-0.2, -0.15) is 0 Å². The molecule has 5 rings (SSSR count). The predicted octanol–water partition coefficient (Wildman–Crippen LogP) is 3.31. The molecule has 1 atom stereocenters. The lowest BCUT2D eigenvalue weighted by atomic mass is 9.90. The van der Waals surface area contributed by atoms with Crippen LogP contribution in [-0.2, 0) is 11.2 Å². The molecule has 4 aromatic rings. The van der Waals surface area contributed by atoms with E-state index in [1.54, 1.807) is 30.7 Å². The Hall–Kier alpha value is -3.92.